The zero-order chi connectivity index (χ0) is 23.2. The number of fused-ring (bicyclic) bond motifs is 1. The SMILES string of the molecule is C[C@@H]1CCc2ncnc(NCCNC(=O)[C@@H](c3ccc(Cl)cc3)[C@@H]3CCCN3CCCO)c21. The van der Waals surface area contributed by atoms with Crippen molar-refractivity contribution in [3.05, 3.63) is 52.4 Å². The maximum atomic E-state index is 13.4. The minimum Gasteiger partial charge on any atom is -0.396 e. The average Bonchev–Trinajstić information content (AvgIpc) is 3.44. The second-order valence-corrected chi connectivity index (χ2v) is 9.53. The number of nitrogens with zero attached hydrogens (tertiary/aromatic N) is 3. The van der Waals surface area contributed by atoms with E-state index in [2.05, 4.69) is 32.4 Å². The molecule has 1 aromatic heterocycles. The molecule has 2 aliphatic rings. The van der Waals surface area contributed by atoms with Crippen LogP contribution < -0.4 is 10.6 Å². The topological polar surface area (TPSA) is 90.4 Å². The van der Waals surface area contributed by atoms with Crippen LogP contribution >= 0.6 is 11.6 Å². The third-order valence-corrected chi connectivity index (χ3v) is 7.16. The molecule has 4 rings (SSSR count). The van der Waals surface area contributed by atoms with Crippen molar-refractivity contribution in [3.63, 3.8) is 0 Å². The van der Waals surface area contributed by atoms with Crippen molar-refractivity contribution in [2.45, 2.75) is 56.9 Å². The summed E-state index contributed by atoms with van der Waals surface area (Å²) in [5.74, 6) is 1.10. The van der Waals surface area contributed by atoms with E-state index < -0.39 is 0 Å². The van der Waals surface area contributed by atoms with Gasteiger partial charge in [0.05, 0.1) is 5.92 Å². The van der Waals surface area contributed by atoms with E-state index in [1.54, 1.807) is 6.33 Å². The fourth-order valence-corrected chi connectivity index (χ4v) is 5.39. The lowest BCUT2D eigenvalue weighted by molar-refractivity contribution is -0.123. The number of likely N-dealkylation sites (tertiary alicyclic amines) is 1. The molecule has 1 aromatic carbocycles. The molecule has 33 heavy (non-hydrogen) atoms. The van der Waals surface area contributed by atoms with Crippen molar-refractivity contribution in [3.8, 4) is 0 Å². The van der Waals surface area contributed by atoms with Gasteiger partial charge >= 0.3 is 0 Å². The van der Waals surface area contributed by atoms with E-state index in [0.717, 1.165) is 62.3 Å². The number of hydrogen-bond donors (Lipinski definition) is 3. The predicted molar refractivity (Wildman–Crippen MR) is 131 cm³/mol. The number of hydrogen-bond acceptors (Lipinski definition) is 6. The molecule has 3 atom stereocenters. The van der Waals surface area contributed by atoms with Crippen LogP contribution in [0, 0.1) is 0 Å². The molecule has 1 aliphatic carbocycles. The summed E-state index contributed by atoms with van der Waals surface area (Å²) in [6, 6.07) is 7.74. The van der Waals surface area contributed by atoms with Gasteiger partial charge in [-0.05, 0) is 62.3 Å². The number of aliphatic hydroxyl groups is 1. The second-order valence-electron chi connectivity index (χ2n) is 9.09. The number of aryl methyl sites for hydroxylation is 1. The molecule has 2 aromatic rings. The van der Waals surface area contributed by atoms with Crippen LogP contribution in [0.25, 0.3) is 0 Å². The van der Waals surface area contributed by atoms with Gasteiger partial charge in [-0.1, -0.05) is 30.7 Å². The van der Waals surface area contributed by atoms with Crippen LogP contribution in [0.5, 0.6) is 0 Å². The van der Waals surface area contributed by atoms with Gasteiger partial charge in [0.2, 0.25) is 5.91 Å². The molecule has 0 saturated carbocycles. The molecule has 2 heterocycles. The Morgan fingerprint density at radius 2 is 2.06 bits per heavy atom. The summed E-state index contributed by atoms with van der Waals surface area (Å²) in [6.45, 7) is 5.26. The summed E-state index contributed by atoms with van der Waals surface area (Å²) >= 11 is 6.11. The number of aliphatic hydroxyl groups excluding tert-OH is 1. The lowest BCUT2D eigenvalue weighted by atomic mass is 9.88. The van der Waals surface area contributed by atoms with Crippen LogP contribution in [0.2, 0.25) is 5.02 Å². The van der Waals surface area contributed by atoms with Gasteiger partial charge in [-0.2, -0.15) is 0 Å². The number of carbonyl (C=O) groups is 1. The molecule has 1 aliphatic heterocycles. The van der Waals surface area contributed by atoms with Gasteiger partial charge in [0.25, 0.3) is 0 Å². The summed E-state index contributed by atoms with van der Waals surface area (Å²) in [7, 11) is 0. The van der Waals surface area contributed by atoms with E-state index in [0.29, 0.717) is 24.0 Å². The van der Waals surface area contributed by atoms with E-state index in [1.807, 2.05) is 24.3 Å². The van der Waals surface area contributed by atoms with E-state index in [4.69, 9.17) is 11.6 Å². The first-order chi connectivity index (χ1) is 16.1. The third kappa shape index (κ3) is 5.65. The first kappa shape index (κ1) is 23.9. The molecule has 0 spiro atoms. The summed E-state index contributed by atoms with van der Waals surface area (Å²) in [4.78, 5) is 24.6. The van der Waals surface area contributed by atoms with E-state index >= 15 is 0 Å². The first-order valence-electron chi connectivity index (χ1n) is 12.0. The quantitative estimate of drug-likeness (QED) is 0.460. The lowest BCUT2D eigenvalue weighted by Crippen LogP contribution is -2.43. The molecular weight excluding hydrogens is 438 g/mol. The van der Waals surface area contributed by atoms with Gasteiger partial charge in [-0.25, -0.2) is 9.97 Å². The molecule has 0 radical (unpaired) electrons. The standard InChI is InChI=1S/C25H34ClN5O2/c1-17-5-10-20-22(17)24(30-16-29-20)27-11-12-28-25(33)23(18-6-8-19(26)9-7-18)21-4-2-13-31(21)14-3-15-32/h6-9,16-17,21,23,32H,2-5,10-15H2,1H3,(H,28,33)(H,27,29,30)/t17-,21+,23+/m1/s1. The Kier molecular flexibility index (Phi) is 8.17. The van der Waals surface area contributed by atoms with Crippen LogP contribution in [0.4, 0.5) is 5.82 Å². The molecular formula is C25H34ClN5O2. The number of halogens is 1. The van der Waals surface area contributed by atoms with Crippen molar-refractivity contribution in [1.29, 1.82) is 0 Å². The molecule has 0 unspecified atom stereocenters. The summed E-state index contributed by atoms with van der Waals surface area (Å²) in [6.07, 6.45) is 6.48. The first-order valence-corrected chi connectivity index (χ1v) is 12.4. The summed E-state index contributed by atoms with van der Waals surface area (Å²) in [5.41, 5.74) is 3.33. The highest BCUT2D eigenvalue weighted by molar-refractivity contribution is 6.30. The zero-order valence-electron chi connectivity index (χ0n) is 19.3. The van der Waals surface area contributed by atoms with E-state index in [-0.39, 0.29) is 24.5 Å². The lowest BCUT2D eigenvalue weighted by Gasteiger charge is -2.31. The Morgan fingerprint density at radius 3 is 2.85 bits per heavy atom. The number of carbonyl (C=O) groups excluding carboxylic acids is 1. The fourth-order valence-electron chi connectivity index (χ4n) is 5.26. The summed E-state index contributed by atoms with van der Waals surface area (Å²) < 4.78 is 0. The van der Waals surface area contributed by atoms with Crippen molar-refractivity contribution in [2.24, 2.45) is 0 Å². The van der Waals surface area contributed by atoms with Crippen LogP contribution in [-0.2, 0) is 11.2 Å². The third-order valence-electron chi connectivity index (χ3n) is 6.90. The Morgan fingerprint density at radius 1 is 1.24 bits per heavy atom. The number of aromatic nitrogens is 2. The maximum absolute atomic E-state index is 13.4. The highest BCUT2D eigenvalue weighted by Gasteiger charge is 2.36. The van der Waals surface area contributed by atoms with Gasteiger partial charge in [0.1, 0.15) is 12.1 Å². The van der Waals surface area contributed by atoms with Crippen LogP contribution in [0.3, 0.4) is 0 Å². The minimum absolute atomic E-state index is 0.0290. The molecule has 0 bridgehead atoms. The Hall–Kier alpha value is -2.22. The Labute approximate surface area is 201 Å². The second kappa shape index (κ2) is 11.3. The van der Waals surface area contributed by atoms with E-state index in [9.17, 15) is 9.90 Å². The normalized spacial score (nSPS) is 21.1. The highest BCUT2D eigenvalue weighted by atomic mass is 35.5. The summed E-state index contributed by atoms with van der Waals surface area (Å²) in [5, 5.41) is 16.5. The van der Waals surface area contributed by atoms with Gasteiger partial charge in [-0.15, -0.1) is 0 Å². The maximum Gasteiger partial charge on any atom is 0.229 e. The van der Waals surface area contributed by atoms with Gasteiger partial charge < -0.3 is 15.7 Å². The average molecular weight is 472 g/mol. The van der Waals surface area contributed by atoms with Gasteiger partial charge in [-0.3, -0.25) is 9.69 Å². The van der Waals surface area contributed by atoms with Crippen LogP contribution in [0.1, 0.15) is 61.3 Å². The Bertz CT molecular complexity index is 939. The molecule has 3 N–H and O–H groups in total. The molecule has 7 nitrogen and oxygen atoms in total. The zero-order valence-corrected chi connectivity index (χ0v) is 20.0. The monoisotopic (exact) mass is 471 g/mol. The molecule has 1 fully saturated rings. The molecule has 178 valence electrons. The number of nitrogens with one attached hydrogen (secondary N) is 2. The number of rotatable bonds is 10. The largest absolute Gasteiger partial charge is 0.396 e. The van der Waals surface area contributed by atoms with E-state index in [1.165, 1.54) is 5.56 Å². The minimum atomic E-state index is -0.272. The number of benzene rings is 1. The van der Waals surface area contributed by atoms with Crippen molar-refractivity contribution in [2.75, 3.05) is 38.1 Å². The smallest absolute Gasteiger partial charge is 0.229 e. The van der Waals surface area contributed by atoms with Crippen molar-refractivity contribution in [1.82, 2.24) is 20.2 Å². The number of anilines is 1. The Balaban J connectivity index is 1.40. The van der Waals surface area contributed by atoms with Crippen molar-refractivity contribution < 1.29 is 9.90 Å². The predicted octanol–water partition coefficient (Wildman–Crippen LogP) is 3.34. The molecule has 1 saturated heterocycles. The van der Waals surface area contributed by atoms with Crippen LogP contribution in [-0.4, -0.2) is 64.7 Å². The highest BCUT2D eigenvalue weighted by Crippen LogP contribution is 2.35. The molecule has 8 heteroatoms. The molecule has 1 amide bonds. The van der Waals surface area contributed by atoms with Gasteiger partial charge in [0, 0.05) is 48.6 Å². The van der Waals surface area contributed by atoms with Gasteiger partial charge in [0.15, 0.2) is 0 Å². The fraction of sp³-hybridized carbons (Fsp3) is 0.560. The van der Waals surface area contributed by atoms with Crippen LogP contribution in [0.15, 0.2) is 30.6 Å². The van der Waals surface area contributed by atoms with Crippen molar-refractivity contribution >= 4 is 23.3 Å². The number of amides is 1.